The molecule has 0 radical (unpaired) electrons. The minimum absolute atomic E-state index is 0.357. The number of piperazine rings is 1. The predicted molar refractivity (Wildman–Crippen MR) is 112 cm³/mol. The monoisotopic (exact) mass is 409 g/mol. The Labute approximate surface area is 171 Å². The summed E-state index contributed by atoms with van der Waals surface area (Å²) in [6.45, 7) is 5.90. The predicted octanol–water partition coefficient (Wildman–Crippen LogP) is 2.67. The van der Waals surface area contributed by atoms with E-state index in [0.717, 1.165) is 28.2 Å². The molecule has 150 valence electrons. The van der Waals surface area contributed by atoms with Gasteiger partial charge < -0.3 is 4.90 Å². The second-order valence-electron chi connectivity index (χ2n) is 7.15. The summed E-state index contributed by atoms with van der Waals surface area (Å²) in [6.07, 6.45) is 3.44. The molecule has 7 nitrogen and oxygen atoms in total. The molecule has 0 atom stereocenters. The van der Waals surface area contributed by atoms with Crippen molar-refractivity contribution in [1.29, 1.82) is 0 Å². The van der Waals surface area contributed by atoms with Crippen molar-refractivity contribution in [3.05, 3.63) is 66.0 Å². The first-order valence-electron chi connectivity index (χ1n) is 9.51. The summed E-state index contributed by atoms with van der Waals surface area (Å²) in [6, 6.07) is 12.9. The number of benzene rings is 1. The lowest BCUT2D eigenvalue weighted by atomic mass is 10.1. The van der Waals surface area contributed by atoms with Crippen LogP contribution in [0.3, 0.4) is 0 Å². The van der Waals surface area contributed by atoms with Crippen LogP contribution < -0.4 is 4.90 Å². The molecule has 8 heteroatoms. The van der Waals surface area contributed by atoms with Gasteiger partial charge in [0.15, 0.2) is 5.82 Å². The van der Waals surface area contributed by atoms with E-state index in [-0.39, 0.29) is 0 Å². The molecule has 29 heavy (non-hydrogen) atoms. The summed E-state index contributed by atoms with van der Waals surface area (Å²) in [5, 5.41) is 8.64. The molecule has 1 fully saturated rings. The van der Waals surface area contributed by atoms with Crippen LogP contribution in [0.15, 0.2) is 59.8 Å². The van der Waals surface area contributed by atoms with E-state index in [1.54, 1.807) is 28.8 Å². The summed E-state index contributed by atoms with van der Waals surface area (Å²) >= 11 is 0. The molecule has 2 aromatic heterocycles. The van der Waals surface area contributed by atoms with Crippen LogP contribution in [0.2, 0.25) is 0 Å². The van der Waals surface area contributed by atoms with E-state index in [1.807, 2.05) is 44.2 Å². The lowest BCUT2D eigenvalue weighted by Crippen LogP contribution is -2.49. The molecule has 1 aliphatic heterocycles. The van der Waals surface area contributed by atoms with Crippen molar-refractivity contribution >= 4 is 15.8 Å². The fourth-order valence-corrected chi connectivity index (χ4v) is 4.86. The molecule has 0 bridgehead atoms. The van der Waals surface area contributed by atoms with Crippen molar-refractivity contribution in [2.45, 2.75) is 18.7 Å². The molecule has 3 heterocycles. The maximum atomic E-state index is 13.0. The van der Waals surface area contributed by atoms with Gasteiger partial charge in [0, 0.05) is 44.1 Å². The molecular weight excluding hydrogens is 386 g/mol. The first-order chi connectivity index (χ1) is 13.9. The van der Waals surface area contributed by atoms with E-state index in [1.165, 1.54) is 0 Å². The Balaban J connectivity index is 1.44. The number of rotatable bonds is 4. The number of aryl methyl sites for hydroxylation is 2. The Morgan fingerprint density at radius 2 is 1.55 bits per heavy atom. The van der Waals surface area contributed by atoms with E-state index < -0.39 is 10.0 Å². The van der Waals surface area contributed by atoms with Gasteiger partial charge in [-0.25, -0.2) is 8.42 Å². The van der Waals surface area contributed by atoms with Gasteiger partial charge in [-0.3, -0.25) is 4.98 Å². The Kier molecular flexibility index (Phi) is 5.29. The molecule has 0 unspecified atom stereocenters. The Morgan fingerprint density at radius 1 is 0.828 bits per heavy atom. The molecule has 3 aromatic rings. The van der Waals surface area contributed by atoms with Crippen LogP contribution in [0.4, 0.5) is 5.82 Å². The minimum Gasteiger partial charge on any atom is -0.352 e. The van der Waals surface area contributed by atoms with Gasteiger partial charge in [-0.1, -0.05) is 6.07 Å². The van der Waals surface area contributed by atoms with E-state index in [9.17, 15) is 8.42 Å². The van der Waals surface area contributed by atoms with Gasteiger partial charge in [-0.05, 0) is 61.4 Å². The maximum absolute atomic E-state index is 13.0. The van der Waals surface area contributed by atoms with Gasteiger partial charge >= 0.3 is 0 Å². The molecule has 0 amide bonds. The van der Waals surface area contributed by atoms with E-state index in [0.29, 0.717) is 31.1 Å². The van der Waals surface area contributed by atoms with Crippen LogP contribution in [0.5, 0.6) is 0 Å². The van der Waals surface area contributed by atoms with E-state index in [4.69, 9.17) is 0 Å². The smallest absolute Gasteiger partial charge is 0.243 e. The topological polar surface area (TPSA) is 79.3 Å². The van der Waals surface area contributed by atoms with E-state index in [2.05, 4.69) is 20.1 Å². The molecule has 0 spiro atoms. The second kappa shape index (κ2) is 7.88. The van der Waals surface area contributed by atoms with Crippen molar-refractivity contribution in [3.63, 3.8) is 0 Å². The lowest BCUT2D eigenvalue weighted by molar-refractivity contribution is 0.383. The number of hydrogen-bond acceptors (Lipinski definition) is 6. The number of nitrogens with zero attached hydrogens (tertiary/aromatic N) is 5. The van der Waals surface area contributed by atoms with Crippen LogP contribution in [0, 0.1) is 13.8 Å². The van der Waals surface area contributed by atoms with Crippen molar-refractivity contribution < 1.29 is 8.42 Å². The van der Waals surface area contributed by atoms with Crippen molar-refractivity contribution in [2.24, 2.45) is 0 Å². The first-order valence-corrected chi connectivity index (χ1v) is 11.0. The number of anilines is 1. The first kappa shape index (κ1) is 19.5. The van der Waals surface area contributed by atoms with Crippen LogP contribution in [-0.4, -0.2) is 54.1 Å². The van der Waals surface area contributed by atoms with Crippen molar-refractivity contribution in [1.82, 2.24) is 19.5 Å². The Bertz CT molecular complexity index is 1090. The molecule has 0 aliphatic carbocycles. The van der Waals surface area contributed by atoms with Crippen molar-refractivity contribution in [3.8, 4) is 11.3 Å². The SMILES string of the molecule is Cc1ccc(S(=O)(=O)N2CCN(c3ccc(-c4ccncc4)nn3)CC2)cc1C. The normalized spacial score (nSPS) is 15.4. The van der Waals surface area contributed by atoms with Gasteiger partial charge in [-0.15, -0.1) is 10.2 Å². The lowest BCUT2D eigenvalue weighted by Gasteiger charge is -2.34. The summed E-state index contributed by atoms with van der Waals surface area (Å²) in [5.41, 5.74) is 3.81. The third-order valence-electron chi connectivity index (χ3n) is 5.31. The fourth-order valence-electron chi connectivity index (χ4n) is 3.35. The molecular formula is C21H23N5O2S. The fraction of sp³-hybridized carbons (Fsp3) is 0.286. The summed E-state index contributed by atoms with van der Waals surface area (Å²) in [7, 11) is -3.48. The number of aromatic nitrogens is 3. The zero-order valence-electron chi connectivity index (χ0n) is 16.5. The van der Waals surface area contributed by atoms with Crippen LogP contribution in [0.25, 0.3) is 11.3 Å². The number of pyridine rings is 1. The molecule has 4 rings (SSSR count). The van der Waals surface area contributed by atoms with Gasteiger partial charge in [0.2, 0.25) is 10.0 Å². The average Bonchev–Trinajstić information content (AvgIpc) is 2.76. The van der Waals surface area contributed by atoms with Crippen LogP contribution >= 0.6 is 0 Å². The van der Waals surface area contributed by atoms with Crippen LogP contribution in [0.1, 0.15) is 11.1 Å². The van der Waals surface area contributed by atoms with Gasteiger partial charge in [0.25, 0.3) is 0 Å². The van der Waals surface area contributed by atoms with Gasteiger partial charge in [-0.2, -0.15) is 4.31 Å². The zero-order valence-corrected chi connectivity index (χ0v) is 17.3. The highest BCUT2D eigenvalue weighted by molar-refractivity contribution is 7.89. The Morgan fingerprint density at radius 3 is 2.17 bits per heavy atom. The minimum atomic E-state index is -3.48. The average molecular weight is 410 g/mol. The molecule has 0 saturated carbocycles. The molecule has 1 aromatic carbocycles. The van der Waals surface area contributed by atoms with Crippen molar-refractivity contribution in [2.75, 3.05) is 31.1 Å². The molecule has 1 aliphatic rings. The highest BCUT2D eigenvalue weighted by atomic mass is 32.2. The third kappa shape index (κ3) is 3.99. The summed E-state index contributed by atoms with van der Waals surface area (Å²) in [5.74, 6) is 0.756. The van der Waals surface area contributed by atoms with Crippen LogP contribution in [-0.2, 0) is 10.0 Å². The maximum Gasteiger partial charge on any atom is 0.243 e. The number of hydrogen-bond donors (Lipinski definition) is 0. The molecule has 1 saturated heterocycles. The van der Waals surface area contributed by atoms with E-state index >= 15 is 0 Å². The third-order valence-corrected chi connectivity index (χ3v) is 7.20. The van der Waals surface area contributed by atoms with Gasteiger partial charge in [0.05, 0.1) is 10.6 Å². The zero-order chi connectivity index (χ0) is 20.4. The second-order valence-corrected chi connectivity index (χ2v) is 9.09. The quantitative estimate of drug-likeness (QED) is 0.659. The van der Waals surface area contributed by atoms with Gasteiger partial charge in [0.1, 0.15) is 0 Å². The highest BCUT2D eigenvalue weighted by Crippen LogP contribution is 2.23. The number of sulfonamides is 1. The largest absolute Gasteiger partial charge is 0.352 e. The molecule has 0 N–H and O–H groups in total. The summed E-state index contributed by atoms with van der Waals surface area (Å²) in [4.78, 5) is 6.43. The standard InChI is InChI=1S/C21H23N5O2S/c1-16-3-4-19(15-17(16)2)29(27,28)26-13-11-25(12-14-26)21-6-5-20(23-24-21)18-7-9-22-10-8-18/h3-10,15H,11-14H2,1-2H3. The Hall–Kier alpha value is -2.84. The highest BCUT2D eigenvalue weighted by Gasteiger charge is 2.29. The summed E-state index contributed by atoms with van der Waals surface area (Å²) < 4.78 is 27.5.